The number of aromatic nitrogens is 3. The molecule has 0 spiro atoms. The molecule has 0 saturated heterocycles. The van der Waals surface area contributed by atoms with Gasteiger partial charge in [0.1, 0.15) is 5.56 Å². The third-order valence-corrected chi connectivity index (χ3v) is 3.16. The van der Waals surface area contributed by atoms with Gasteiger partial charge < -0.3 is 9.72 Å². The second-order valence-corrected chi connectivity index (χ2v) is 4.59. The molecule has 20 heavy (non-hydrogen) atoms. The Morgan fingerprint density at radius 1 is 1.50 bits per heavy atom. The summed E-state index contributed by atoms with van der Waals surface area (Å²) in [5.41, 5.74) is 0.772. The number of carbonyl (C=O) groups excluding carboxylic acids is 1. The van der Waals surface area contributed by atoms with E-state index in [-0.39, 0.29) is 17.7 Å². The van der Waals surface area contributed by atoms with Gasteiger partial charge >= 0.3 is 5.97 Å². The minimum atomic E-state index is -0.522. The van der Waals surface area contributed by atoms with Gasteiger partial charge in [-0.2, -0.15) is 5.10 Å². The summed E-state index contributed by atoms with van der Waals surface area (Å²) < 4.78 is 6.42. The standard InChI is InChI=1S/C13H10ClN3O3/c1-2-20-13(19)9-6-15-17-10-4-3-7(14)5-8(10)12(18)16-11(9)17/h3-6H,2H2,1H3,(H,16,18). The number of ether oxygens (including phenoxy) is 1. The van der Waals surface area contributed by atoms with Gasteiger partial charge in [0, 0.05) is 5.02 Å². The van der Waals surface area contributed by atoms with Crippen molar-refractivity contribution in [2.24, 2.45) is 0 Å². The summed E-state index contributed by atoms with van der Waals surface area (Å²) in [6, 6.07) is 4.90. The first-order valence-electron chi connectivity index (χ1n) is 5.98. The molecule has 3 aromatic rings. The van der Waals surface area contributed by atoms with Crippen molar-refractivity contribution >= 4 is 34.1 Å². The first-order valence-corrected chi connectivity index (χ1v) is 6.36. The molecule has 0 aliphatic rings. The highest BCUT2D eigenvalue weighted by Crippen LogP contribution is 2.18. The van der Waals surface area contributed by atoms with Crippen molar-refractivity contribution in [2.75, 3.05) is 6.61 Å². The predicted octanol–water partition coefficient (Wildman–Crippen LogP) is 2.01. The Bertz CT molecular complexity index is 882. The van der Waals surface area contributed by atoms with Gasteiger partial charge in [-0.1, -0.05) is 11.6 Å². The highest BCUT2D eigenvalue weighted by Gasteiger charge is 2.17. The van der Waals surface area contributed by atoms with Crippen LogP contribution in [0.3, 0.4) is 0 Å². The molecule has 1 aromatic carbocycles. The molecule has 7 heteroatoms. The molecule has 0 aliphatic heterocycles. The van der Waals surface area contributed by atoms with E-state index in [0.29, 0.717) is 21.6 Å². The maximum absolute atomic E-state index is 12.1. The molecule has 0 bridgehead atoms. The Kier molecular flexibility index (Phi) is 2.94. The lowest BCUT2D eigenvalue weighted by Gasteiger charge is -2.03. The fourth-order valence-electron chi connectivity index (χ4n) is 2.06. The number of nitrogens with one attached hydrogen (secondary N) is 1. The summed E-state index contributed by atoms with van der Waals surface area (Å²) in [6.45, 7) is 1.97. The maximum Gasteiger partial charge on any atom is 0.343 e. The van der Waals surface area contributed by atoms with E-state index in [2.05, 4.69) is 10.1 Å². The number of aromatic amines is 1. The fourth-order valence-corrected chi connectivity index (χ4v) is 2.23. The van der Waals surface area contributed by atoms with Crippen molar-refractivity contribution in [3.63, 3.8) is 0 Å². The lowest BCUT2D eigenvalue weighted by atomic mass is 10.2. The molecule has 1 N–H and O–H groups in total. The fraction of sp³-hybridized carbons (Fsp3) is 0.154. The molecule has 6 nitrogen and oxygen atoms in total. The van der Waals surface area contributed by atoms with Gasteiger partial charge in [0.25, 0.3) is 5.56 Å². The van der Waals surface area contributed by atoms with Gasteiger partial charge in [0.05, 0.1) is 23.7 Å². The molecular weight excluding hydrogens is 282 g/mol. The van der Waals surface area contributed by atoms with Crippen LogP contribution in [0.15, 0.2) is 29.2 Å². The SMILES string of the molecule is CCOC(=O)c1cnn2c1[nH]c(=O)c1cc(Cl)ccc12. The van der Waals surface area contributed by atoms with Gasteiger partial charge in [-0.05, 0) is 25.1 Å². The Labute approximate surface area is 117 Å². The number of carbonyl (C=O) groups is 1. The van der Waals surface area contributed by atoms with Crippen LogP contribution in [0.2, 0.25) is 5.02 Å². The van der Waals surface area contributed by atoms with Crippen LogP contribution in [0.4, 0.5) is 0 Å². The molecule has 0 atom stereocenters. The van der Waals surface area contributed by atoms with Crippen LogP contribution in [0.5, 0.6) is 0 Å². The van der Waals surface area contributed by atoms with Crippen LogP contribution in [-0.4, -0.2) is 27.2 Å². The Morgan fingerprint density at radius 3 is 3.05 bits per heavy atom. The maximum atomic E-state index is 12.1. The largest absolute Gasteiger partial charge is 0.462 e. The summed E-state index contributed by atoms with van der Waals surface area (Å²) >= 11 is 5.88. The van der Waals surface area contributed by atoms with E-state index in [1.807, 2.05) is 0 Å². The smallest absolute Gasteiger partial charge is 0.343 e. The number of rotatable bonds is 2. The van der Waals surface area contributed by atoms with Gasteiger partial charge in [-0.3, -0.25) is 4.79 Å². The van der Waals surface area contributed by atoms with E-state index in [9.17, 15) is 9.59 Å². The topological polar surface area (TPSA) is 76.5 Å². The van der Waals surface area contributed by atoms with E-state index >= 15 is 0 Å². The Morgan fingerprint density at radius 2 is 2.30 bits per heavy atom. The number of esters is 1. The van der Waals surface area contributed by atoms with Crippen molar-refractivity contribution in [1.29, 1.82) is 0 Å². The van der Waals surface area contributed by atoms with Gasteiger partial charge in [-0.15, -0.1) is 0 Å². The third-order valence-electron chi connectivity index (χ3n) is 2.93. The summed E-state index contributed by atoms with van der Waals surface area (Å²) in [5.74, 6) is -0.522. The highest BCUT2D eigenvalue weighted by molar-refractivity contribution is 6.31. The van der Waals surface area contributed by atoms with Crippen LogP contribution >= 0.6 is 11.6 Å². The van der Waals surface area contributed by atoms with E-state index in [0.717, 1.165) is 0 Å². The molecule has 0 saturated carbocycles. The molecule has 0 aliphatic carbocycles. The van der Waals surface area contributed by atoms with Crippen molar-refractivity contribution < 1.29 is 9.53 Å². The van der Waals surface area contributed by atoms with Crippen LogP contribution in [0.25, 0.3) is 16.6 Å². The predicted molar refractivity (Wildman–Crippen MR) is 74.3 cm³/mol. The molecule has 2 aromatic heterocycles. The van der Waals surface area contributed by atoms with Crippen molar-refractivity contribution in [3.8, 4) is 0 Å². The molecule has 0 radical (unpaired) electrons. The number of hydrogen-bond acceptors (Lipinski definition) is 4. The lowest BCUT2D eigenvalue weighted by Crippen LogP contribution is -2.12. The quantitative estimate of drug-likeness (QED) is 0.733. The van der Waals surface area contributed by atoms with Crippen LogP contribution < -0.4 is 5.56 Å². The first-order chi connectivity index (χ1) is 9.61. The minimum absolute atomic E-state index is 0.223. The Balaban J connectivity index is 2.36. The minimum Gasteiger partial charge on any atom is -0.462 e. The van der Waals surface area contributed by atoms with E-state index in [4.69, 9.17) is 16.3 Å². The number of fused-ring (bicyclic) bond motifs is 3. The van der Waals surface area contributed by atoms with Crippen LogP contribution in [0, 0.1) is 0 Å². The number of halogens is 1. The van der Waals surface area contributed by atoms with E-state index in [1.54, 1.807) is 25.1 Å². The first kappa shape index (κ1) is 12.7. The zero-order valence-corrected chi connectivity index (χ0v) is 11.3. The molecular formula is C13H10ClN3O3. The third kappa shape index (κ3) is 1.85. The average Bonchev–Trinajstić information content (AvgIpc) is 2.83. The molecule has 2 heterocycles. The zero-order valence-electron chi connectivity index (χ0n) is 10.5. The second-order valence-electron chi connectivity index (χ2n) is 4.15. The Hall–Kier alpha value is -2.34. The van der Waals surface area contributed by atoms with E-state index in [1.165, 1.54) is 10.7 Å². The number of hydrogen-bond donors (Lipinski definition) is 1. The highest BCUT2D eigenvalue weighted by atomic mass is 35.5. The molecule has 102 valence electrons. The van der Waals surface area contributed by atoms with Crippen LogP contribution in [0.1, 0.15) is 17.3 Å². The van der Waals surface area contributed by atoms with Crippen LogP contribution in [-0.2, 0) is 4.74 Å². The van der Waals surface area contributed by atoms with Crippen molar-refractivity contribution in [2.45, 2.75) is 6.92 Å². The normalized spacial score (nSPS) is 11.1. The monoisotopic (exact) mass is 291 g/mol. The molecule has 0 amide bonds. The number of benzene rings is 1. The van der Waals surface area contributed by atoms with Gasteiger partial charge in [0.2, 0.25) is 0 Å². The van der Waals surface area contributed by atoms with Gasteiger partial charge in [0.15, 0.2) is 5.65 Å². The number of nitrogens with zero attached hydrogens (tertiary/aromatic N) is 2. The lowest BCUT2D eigenvalue weighted by molar-refractivity contribution is 0.0528. The second kappa shape index (κ2) is 4.64. The summed E-state index contributed by atoms with van der Waals surface area (Å²) in [4.78, 5) is 26.5. The van der Waals surface area contributed by atoms with E-state index < -0.39 is 5.97 Å². The summed E-state index contributed by atoms with van der Waals surface area (Å²) in [5, 5.41) is 4.99. The molecule has 0 fully saturated rings. The van der Waals surface area contributed by atoms with Crippen molar-refractivity contribution in [3.05, 3.63) is 45.3 Å². The summed E-state index contributed by atoms with van der Waals surface area (Å²) in [7, 11) is 0. The molecule has 3 rings (SSSR count). The molecule has 0 unspecified atom stereocenters. The average molecular weight is 292 g/mol. The van der Waals surface area contributed by atoms with Gasteiger partial charge in [-0.25, -0.2) is 9.31 Å². The van der Waals surface area contributed by atoms with Crippen molar-refractivity contribution in [1.82, 2.24) is 14.6 Å². The number of H-pyrrole nitrogens is 1. The zero-order chi connectivity index (χ0) is 14.3. The summed E-state index contributed by atoms with van der Waals surface area (Å²) in [6.07, 6.45) is 1.37.